The van der Waals surface area contributed by atoms with E-state index in [4.69, 9.17) is 27.1 Å². The monoisotopic (exact) mass is 344 g/mol. The third-order valence-corrected chi connectivity index (χ3v) is 4.10. The summed E-state index contributed by atoms with van der Waals surface area (Å²) in [6.45, 7) is 3.06. The van der Waals surface area contributed by atoms with Crippen LogP contribution in [-0.4, -0.2) is 38.3 Å². The van der Waals surface area contributed by atoms with Crippen LogP contribution >= 0.6 is 11.6 Å². The third kappa shape index (κ3) is 3.53. The smallest absolute Gasteiger partial charge is 0.119 e. The lowest BCUT2D eigenvalue weighted by Crippen LogP contribution is -2.27. The van der Waals surface area contributed by atoms with Crippen molar-refractivity contribution in [1.82, 2.24) is 10.3 Å². The average molecular weight is 345 g/mol. The van der Waals surface area contributed by atoms with Gasteiger partial charge in [-0.1, -0.05) is 11.6 Å². The van der Waals surface area contributed by atoms with E-state index in [1.165, 1.54) is 0 Å². The molecular weight excluding hydrogens is 324 g/mol. The predicted molar refractivity (Wildman–Crippen MR) is 101 cm³/mol. The van der Waals surface area contributed by atoms with Crippen LogP contribution in [0.4, 0.5) is 5.69 Å². The van der Waals surface area contributed by atoms with E-state index in [1.54, 1.807) is 7.11 Å². The first-order chi connectivity index (χ1) is 11.7. The van der Waals surface area contributed by atoms with Gasteiger partial charge in [0.05, 0.1) is 23.8 Å². The van der Waals surface area contributed by atoms with Crippen molar-refractivity contribution in [3.8, 4) is 5.75 Å². The Balaban J connectivity index is 2.05. The zero-order chi connectivity index (χ0) is 16.9. The van der Waals surface area contributed by atoms with Crippen LogP contribution < -0.4 is 21.1 Å². The van der Waals surface area contributed by atoms with E-state index in [0.717, 1.165) is 52.9 Å². The van der Waals surface area contributed by atoms with Crippen LogP contribution in [0.2, 0.25) is 5.02 Å². The molecule has 6 heteroatoms. The minimum atomic E-state index is 0.636. The fourth-order valence-corrected chi connectivity index (χ4v) is 2.88. The molecule has 0 aliphatic heterocycles. The number of ether oxygens (including phenoxy) is 1. The summed E-state index contributed by atoms with van der Waals surface area (Å²) in [6.07, 6.45) is 0. The van der Waals surface area contributed by atoms with Gasteiger partial charge in [0.15, 0.2) is 0 Å². The number of nitrogens with one attached hydrogen (secondary N) is 2. The molecule has 0 aliphatic carbocycles. The van der Waals surface area contributed by atoms with E-state index >= 15 is 0 Å². The highest BCUT2D eigenvalue weighted by molar-refractivity contribution is 6.31. The maximum Gasteiger partial charge on any atom is 0.119 e. The Morgan fingerprint density at radius 1 is 1.04 bits per heavy atom. The number of hydrogen-bond donors (Lipinski definition) is 3. The van der Waals surface area contributed by atoms with E-state index in [9.17, 15) is 0 Å². The fourth-order valence-electron chi connectivity index (χ4n) is 2.72. The molecule has 5 nitrogen and oxygen atoms in total. The molecule has 0 aliphatic rings. The van der Waals surface area contributed by atoms with Gasteiger partial charge < -0.3 is 21.1 Å². The second kappa shape index (κ2) is 7.66. The van der Waals surface area contributed by atoms with Crippen LogP contribution in [-0.2, 0) is 0 Å². The lowest BCUT2D eigenvalue weighted by Gasteiger charge is -2.14. The number of aromatic nitrogens is 1. The van der Waals surface area contributed by atoms with Crippen LogP contribution in [0.5, 0.6) is 5.75 Å². The summed E-state index contributed by atoms with van der Waals surface area (Å²) in [5.41, 5.74) is 8.32. The van der Waals surface area contributed by atoms with Crippen molar-refractivity contribution in [2.45, 2.75) is 0 Å². The molecule has 0 atom stereocenters. The van der Waals surface area contributed by atoms with Crippen LogP contribution in [0.3, 0.4) is 0 Å². The SMILES string of the molecule is COc1ccc2nc3cc(Cl)ccc3c(NCCNCCN)c2c1. The first kappa shape index (κ1) is 16.8. The molecule has 0 radical (unpaired) electrons. The Bertz CT molecular complexity index is 853. The lowest BCUT2D eigenvalue weighted by atomic mass is 10.1. The number of rotatable bonds is 7. The Morgan fingerprint density at radius 3 is 2.71 bits per heavy atom. The third-order valence-electron chi connectivity index (χ3n) is 3.87. The molecule has 0 unspecified atom stereocenters. The Kier molecular flexibility index (Phi) is 5.35. The number of nitrogens with zero attached hydrogens (tertiary/aromatic N) is 1. The molecule has 4 N–H and O–H groups in total. The number of halogens is 1. The summed E-state index contributed by atoms with van der Waals surface area (Å²) in [6, 6.07) is 11.7. The summed E-state index contributed by atoms with van der Waals surface area (Å²) >= 11 is 6.13. The van der Waals surface area contributed by atoms with E-state index < -0.39 is 0 Å². The van der Waals surface area contributed by atoms with Crippen molar-refractivity contribution in [2.75, 3.05) is 38.6 Å². The zero-order valence-corrected chi connectivity index (χ0v) is 14.4. The van der Waals surface area contributed by atoms with Gasteiger partial charge >= 0.3 is 0 Å². The summed E-state index contributed by atoms with van der Waals surface area (Å²) in [5.74, 6) is 0.807. The zero-order valence-electron chi connectivity index (χ0n) is 13.6. The standard InChI is InChI=1S/C18H21ClN4O/c1-24-13-3-5-16-15(11-13)18(22-9-8-21-7-6-20)14-4-2-12(19)10-17(14)23-16/h2-5,10-11,21H,6-9,20H2,1H3,(H,22,23). The topological polar surface area (TPSA) is 72.2 Å². The van der Waals surface area contributed by atoms with Gasteiger partial charge in [-0.2, -0.15) is 0 Å². The molecule has 1 aromatic heterocycles. The number of hydrogen-bond acceptors (Lipinski definition) is 5. The molecular formula is C18H21ClN4O. The minimum Gasteiger partial charge on any atom is -0.497 e. The second-order valence-corrected chi connectivity index (χ2v) is 5.93. The van der Waals surface area contributed by atoms with Crippen molar-refractivity contribution >= 4 is 39.1 Å². The fraction of sp³-hybridized carbons (Fsp3) is 0.278. The largest absolute Gasteiger partial charge is 0.497 e. The van der Waals surface area contributed by atoms with Crippen molar-refractivity contribution in [1.29, 1.82) is 0 Å². The summed E-state index contributed by atoms with van der Waals surface area (Å²) in [5, 5.41) is 9.55. The molecule has 3 aromatic rings. The average Bonchev–Trinajstić information content (AvgIpc) is 2.60. The maximum atomic E-state index is 6.13. The predicted octanol–water partition coefficient (Wildman–Crippen LogP) is 3.01. The summed E-state index contributed by atoms with van der Waals surface area (Å²) in [4.78, 5) is 4.72. The molecule has 24 heavy (non-hydrogen) atoms. The van der Waals surface area contributed by atoms with Crippen molar-refractivity contribution in [3.63, 3.8) is 0 Å². The molecule has 0 saturated heterocycles. The van der Waals surface area contributed by atoms with Gasteiger partial charge in [-0.25, -0.2) is 4.98 Å². The van der Waals surface area contributed by atoms with Crippen LogP contribution in [0, 0.1) is 0 Å². The second-order valence-electron chi connectivity index (χ2n) is 5.50. The quantitative estimate of drug-likeness (QED) is 0.454. The van der Waals surface area contributed by atoms with Crippen LogP contribution in [0.15, 0.2) is 36.4 Å². The number of anilines is 1. The Morgan fingerprint density at radius 2 is 1.92 bits per heavy atom. The van der Waals surface area contributed by atoms with Gasteiger partial charge in [0.2, 0.25) is 0 Å². The van der Waals surface area contributed by atoms with E-state index in [1.807, 2.05) is 36.4 Å². The van der Waals surface area contributed by atoms with Gasteiger partial charge in [0.1, 0.15) is 5.75 Å². The highest BCUT2D eigenvalue weighted by Crippen LogP contribution is 2.33. The Labute approximate surface area is 146 Å². The minimum absolute atomic E-state index is 0.636. The molecule has 0 bridgehead atoms. The highest BCUT2D eigenvalue weighted by Gasteiger charge is 2.10. The number of methoxy groups -OCH3 is 1. The number of nitrogens with two attached hydrogens (primary N) is 1. The van der Waals surface area contributed by atoms with E-state index in [0.29, 0.717) is 11.6 Å². The molecule has 0 spiro atoms. The van der Waals surface area contributed by atoms with Gasteiger partial charge in [0.25, 0.3) is 0 Å². The van der Waals surface area contributed by atoms with Gasteiger partial charge in [-0.15, -0.1) is 0 Å². The first-order valence-electron chi connectivity index (χ1n) is 7.94. The summed E-state index contributed by atoms with van der Waals surface area (Å²) in [7, 11) is 1.67. The van der Waals surface area contributed by atoms with Crippen molar-refractivity contribution in [2.24, 2.45) is 5.73 Å². The van der Waals surface area contributed by atoms with Crippen molar-refractivity contribution < 1.29 is 4.74 Å². The molecule has 2 aromatic carbocycles. The normalized spacial score (nSPS) is 11.1. The molecule has 0 amide bonds. The van der Waals surface area contributed by atoms with Gasteiger partial charge in [-0.3, -0.25) is 0 Å². The molecule has 1 heterocycles. The highest BCUT2D eigenvalue weighted by atomic mass is 35.5. The number of fused-ring (bicyclic) bond motifs is 2. The van der Waals surface area contributed by atoms with E-state index in [-0.39, 0.29) is 0 Å². The molecule has 0 fully saturated rings. The van der Waals surface area contributed by atoms with Crippen LogP contribution in [0.1, 0.15) is 0 Å². The molecule has 3 rings (SSSR count). The number of benzene rings is 2. The van der Waals surface area contributed by atoms with Crippen LogP contribution in [0.25, 0.3) is 21.8 Å². The molecule has 126 valence electrons. The Hall–Kier alpha value is -2.08. The van der Waals surface area contributed by atoms with Gasteiger partial charge in [-0.05, 0) is 36.4 Å². The lowest BCUT2D eigenvalue weighted by molar-refractivity contribution is 0.415. The maximum absolute atomic E-state index is 6.13. The molecule has 0 saturated carbocycles. The van der Waals surface area contributed by atoms with Gasteiger partial charge in [0, 0.05) is 42.0 Å². The number of pyridine rings is 1. The van der Waals surface area contributed by atoms with Crippen molar-refractivity contribution in [3.05, 3.63) is 41.4 Å². The first-order valence-corrected chi connectivity index (χ1v) is 8.32. The van der Waals surface area contributed by atoms with E-state index in [2.05, 4.69) is 10.6 Å². The summed E-state index contributed by atoms with van der Waals surface area (Å²) < 4.78 is 5.36.